The van der Waals surface area contributed by atoms with E-state index in [1.165, 1.54) is 60.1 Å². The average molecular weight is 447 g/mol. The molecule has 0 aliphatic heterocycles. The maximum absolute atomic E-state index is 6.34. The third kappa shape index (κ3) is 2.76. The largest absolute Gasteiger partial charge is 0.456 e. The van der Waals surface area contributed by atoms with Crippen LogP contribution in [0, 0.1) is 6.92 Å². The average Bonchev–Trinajstić information content (AvgIpc) is 3.51. The normalized spacial score (nSPS) is 13.3. The number of rotatable bonds is 2. The van der Waals surface area contributed by atoms with Crippen molar-refractivity contribution in [3.05, 3.63) is 119 Å². The van der Waals surface area contributed by atoms with Crippen LogP contribution in [-0.2, 0) is 6.42 Å². The van der Waals surface area contributed by atoms with Gasteiger partial charge < -0.3 is 4.42 Å². The summed E-state index contributed by atoms with van der Waals surface area (Å²) >= 11 is 0. The Bertz CT molecular complexity index is 1960. The summed E-state index contributed by atoms with van der Waals surface area (Å²) in [7, 11) is 0. The van der Waals surface area contributed by atoms with Gasteiger partial charge in [0.2, 0.25) is 0 Å². The Kier molecular flexibility index (Phi) is 3.71. The van der Waals surface area contributed by atoms with E-state index in [0.29, 0.717) is 0 Å². The Morgan fingerprint density at radius 3 is 2.31 bits per heavy atom. The van der Waals surface area contributed by atoms with Crippen LogP contribution in [0.1, 0.15) is 22.3 Å². The summed E-state index contributed by atoms with van der Waals surface area (Å²) in [5.41, 5.74) is 8.79. The second-order valence-electron chi connectivity index (χ2n) is 9.88. The smallest absolute Gasteiger partial charge is 0.136 e. The number of fused-ring (bicyclic) bond motifs is 2. The second-order valence-corrected chi connectivity index (χ2v) is 9.88. The number of allylic oxidation sites excluding steroid dienone is 1. The quantitative estimate of drug-likeness (QED) is 0.241. The summed E-state index contributed by atoms with van der Waals surface area (Å²) in [6.07, 6.45) is 3.35. The van der Waals surface area contributed by atoms with Crippen molar-refractivity contribution in [1.82, 2.24) is 0 Å². The van der Waals surface area contributed by atoms with E-state index in [0.717, 1.165) is 28.7 Å². The summed E-state index contributed by atoms with van der Waals surface area (Å²) in [5.74, 6) is 0.929. The van der Waals surface area contributed by atoms with Gasteiger partial charge in [0.15, 0.2) is 0 Å². The lowest BCUT2D eigenvalue weighted by Gasteiger charge is -2.15. The minimum absolute atomic E-state index is 0.929. The van der Waals surface area contributed by atoms with Gasteiger partial charge in [0.1, 0.15) is 11.3 Å². The van der Waals surface area contributed by atoms with Crippen molar-refractivity contribution in [2.45, 2.75) is 13.3 Å². The Labute approximate surface area is 203 Å². The van der Waals surface area contributed by atoms with Crippen LogP contribution in [0.3, 0.4) is 0 Å². The third-order valence-electron chi connectivity index (χ3n) is 7.68. The van der Waals surface area contributed by atoms with E-state index in [-0.39, 0.29) is 0 Å². The molecule has 0 N–H and O–H groups in total. The molecule has 0 spiro atoms. The lowest BCUT2D eigenvalue weighted by molar-refractivity contribution is 0.632. The zero-order valence-corrected chi connectivity index (χ0v) is 19.4. The van der Waals surface area contributed by atoms with Crippen LogP contribution >= 0.6 is 0 Å². The monoisotopic (exact) mass is 446 g/mol. The van der Waals surface area contributed by atoms with Gasteiger partial charge in [-0.2, -0.15) is 0 Å². The fraction of sp³-hybridized carbons (Fsp3) is 0.0588. The molecule has 0 radical (unpaired) electrons. The van der Waals surface area contributed by atoms with Gasteiger partial charge in [0.05, 0.1) is 0 Å². The number of hydrogen-bond donors (Lipinski definition) is 0. The van der Waals surface area contributed by atoms with Gasteiger partial charge in [-0.15, -0.1) is 0 Å². The summed E-state index contributed by atoms with van der Waals surface area (Å²) in [6.45, 7) is 2.10. The Morgan fingerprint density at radius 1 is 0.657 bits per heavy atom. The van der Waals surface area contributed by atoms with Crippen molar-refractivity contribution in [3.8, 4) is 11.3 Å². The van der Waals surface area contributed by atoms with Crippen molar-refractivity contribution in [2.24, 2.45) is 0 Å². The van der Waals surface area contributed by atoms with Gasteiger partial charge in [-0.05, 0) is 104 Å². The van der Waals surface area contributed by atoms with E-state index in [1.807, 2.05) is 0 Å². The van der Waals surface area contributed by atoms with Gasteiger partial charge in [0, 0.05) is 10.9 Å². The number of hydrogen-bond acceptors (Lipinski definition) is 1. The first-order valence-electron chi connectivity index (χ1n) is 12.2. The molecule has 1 heterocycles. The molecule has 6 aromatic carbocycles. The van der Waals surface area contributed by atoms with E-state index in [9.17, 15) is 0 Å². The lowest BCUT2D eigenvalue weighted by atomic mass is 9.89. The van der Waals surface area contributed by atoms with Gasteiger partial charge in [-0.3, -0.25) is 0 Å². The minimum Gasteiger partial charge on any atom is -0.456 e. The van der Waals surface area contributed by atoms with Crippen molar-refractivity contribution in [2.75, 3.05) is 0 Å². The highest BCUT2D eigenvalue weighted by Crippen LogP contribution is 2.42. The Balaban J connectivity index is 1.34. The van der Waals surface area contributed by atoms with Crippen LogP contribution in [0.5, 0.6) is 0 Å². The minimum atomic E-state index is 0.929. The molecule has 1 aromatic heterocycles. The van der Waals surface area contributed by atoms with Crippen LogP contribution in [0.15, 0.2) is 101 Å². The molecule has 1 aliphatic rings. The molecule has 1 aliphatic carbocycles. The van der Waals surface area contributed by atoms with E-state index in [2.05, 4.69) is 110 Å². The van der Waals surface area contributed by atoms with Gasteiger partial charge in [-0.25, -0.2) is 0 Å². The van der Waals surface area contributed by atoms with E-state index in [4.69, 9.17) is 4.42 Å². The topological polar surface area (TPSA) is 13.1 Å². The van der Waals surface area contributed by atoms with Crippen LogP contribution in [0.4, 0.5) is 0 Å². The Morgan fingerprint density at radius 2 is 1.43 bits per heavy atom. The standard InChI is InChI=1S/C34H22O/c1-20-6-7-24-19-32(35-31(24)14-20)29-12-10-21-8-9-25-17-28(18-26-11-13-30(29)34(21)33(25)26)27-15-22-4-2-3-5-23(22)16-27/h2-15,17-19H,16H2,1H3. The summed E-state index contributed by atoms with van der Waals surface area (Å²) in [4.78, 5) is 0. The van der Waals surface area contributed by atoms with E-state index in [1.54, 1.807) is 0 Å². The first-order valence-corrected chi connectivity index (χ1v) is 12.2. The number of benzene rings is 6. The highest BCUT2D eigenvalue weighted by atomic mass is 16.3. The first kappa shape index (κ1) is 19.0. The highest BCUT2D eigenvalue weighted by molar-refractivity contribution is 6.26. The van der Waals surface area contributed by atoms with Crippen LogP contribution in [-0.4, -0.2) is 0 Å². The van der Waals surface area contributed by atoms with Crippen molar-refractivity contribution in [3.63, 3.8) is 0 Å². The number of furan rings is 1. The molecule has 7 aromatic rings. The van der Waals surface area contributed by atoms with Crippen molar-refractivity contribution >= 4 is 54.9 Å². The zero-order valence-electron chi connectivity index (χ0n) is 19.4. The molecule has 1 nitrogen and oxygen atoms in total. The molecule has 164 valence electrons. The fourth-order valence-electron chi connectivity index (χ4n) is 5.96. The maximum Gasteiger partial charge on any atom is 0.136 e. The summed E-state index contributed by atoms with van der Waals surface area (Å²) in [5, 5.41) is 8.92. The molecule has 0 saturated heterocycles. The fourth-order valence-corrected chi connectivity index (χ4v) is 5.96. The molecule has 8 rings (SSSR count). The first-order chi connectivity index (χ1) is 17.2. The van der Waals surface area contributed by atoms with Crippen molar-refractivity contribution in [1.29, 1.82) is 0 Å². The maximum atomic E-state index is 6.34. The predicted molar refractivity (Wildman–Crippen MR) is 148 cm³/mol. The van der Waals surface area contributed by atoms with Gasteiger partial charge >= 0.3 is 0 Å². The van der Waals surface area contributed by atoms with E-state index < -0.39 is 0 Å². The molecule has 1 heteroatoms. The third-order valence-corrected chi connectivity index (χ3v) is 7.68. The molecule has 0 atom stereocenters. The highest BCUT2D eigenvalue weighted by Gasteiger charge is 2.18. The SMILES string of the molecule is Cc1ccc2cc(-c3ccc4ccc5cc(C6=Cc7ccccc7C6)cc6ccc3c4c56)oc2c1. The Hall–Kier alpha value is -4.36. The molecule has 0 fully saturated rings. The molecule has 0 amide bonds. The van der Waals surface area contributed by atoms with Gasteiger partial charge in [-0.1, -0.05) is 72.8 Å². The summed E-state index contributed by atoms with van der Waals surface area (Å²) < 4.78 is 6.34. The van der Waals surface area contributed by atoms with Crippen LogP contribution < -0.4 is 0 Å². The molecular weight excluding hydrogens is 424 g/mol. The predicted octanol–water partition coefficient (Wildman–Crippen LogP) is 9.40. The number of aryl methyl sites for hydroxylation is 1. The molecule has 0 bridgehead atoms. The molecule has 0 saturated carbocycles. The second kappa shape index (κ2) is 6.84. The molecular formula is C34H22O. The molecule has 35 heavy (non-hydrogen) atoms. The van der Waals surface area contributed by atoms with Crippen LogP contribution in [0.25, 0.3) is 66.3 Å². The van der Waals surface area contributed by atoms with E-state index >= 15 is 0 Å². The molecule has 0 unspecified atom stereocenters. The van der Waals surface area contributed by atoms with Crippen LogP contribution in [0.2, 0.25) is 0 Å². The van der Waals surface area contributed by atoms with Crippen molar-refractivity contribution < 1.29 is 4.42 Å². The lowest BCUT2D eigenvalue weighted by Crippen LogP contribution is -1.90. The zero-order chi connectivity index (χ0) is 23.1. The summed E-state index contributed by atoms with van der Waals surface area (Å²) in [6, 6.07) is 35.6. The van der Waals surface area contributed by atoms with Gasteiger partial charge in [0.25, 0.3) is 0 Å².